The second kappa shape index (κ2) is 18.4. The first-order valence-electron chi connectivity index (χ1n) is 10.9. The van der Waals surface area contributed by atoms with Crippen LogP contribution in [0.2, 0.25) is 0 Å². The number of aryl methyl sites for hydroxylation is 2. The van der Waals surface area contributed by atoms with Crippen LogP contribution < -0.4 is 0 Å². The fraction of sp³-hybridized carbons (Fsp3) is 0.750. The Kier molecular flexibility index (Phi) is 18.0. The molecule has 0 N–H and O–H groups in total. The molecule has 0 radical (unpaired) electrons. The van der Waals surface area contributed by atoms with Crippen molar-refractivity contribution < 1.29 is 0 Å². The van der Waals surface area contributed by atoms with Crippen molar-refractivity contribution >= 4 is 13.5 Å². The molecule has 0 unspecified atom stereocenters. The fourth-order valence-electron chi connectivity index (χ4n) is 3.59. The van der Waals surface area contributed by atoms with Gasteiger partial charge >= 0.3 is 0 Å². The van der Waals surface area contributed by atoms with E-state index in [4.69, 9.17) is 0 Å². The molecule has 0 saturated carbocycles. The van der Waals surface area contributed by atoms with E-state index in [-0.39, 0.29) is 13.5 Å². The quantitative estimate of drug-likeness (QED) is 0.258. The van der Waals surface area contributed by atoms with Crippen LogP contribution in [0.5, 0.6) is 0 Å². The van der Waals surface area contributed by atoms with Gasteiger partial charge in [-0.2, -0.15) is 13.5 Å². The first-order chi connectivity index (χ1) is 11.9. The van der Waals surface area contributed by atoms with Gasteiger partial charge in [-0.3, -0.25) is 0 Å². The molecular formula is C24H44S. The molecule has 146 valence electrons. The highest BCUT2D eigenvalue weighted by Gasteiger charge is 2.02. The monoisotopic (exact) mass is 364 g/mol. The van der Waals surface area contributed by atoms with Crippen LogP contribution in [0.4, 0.5) is 0 Å². The Balaban J connectivity index is 0.00000576. The smallest absolute Gasteiger partial charge is 0.0276 e. The summed E-state index contributed by atoms with van der Waals surface area (Å²) in [5, 5.41) is 0. The van der Waals surface area contributed by atoms with Crippen molar-refractivity contribution in [2.45, 2.75) is 117 Å². The number of unbranched alkanes of at least 4 members (excludes halogenated alkanes) is 12. The van der Waals surface area contributed by atoms with E-state index < -0.39 is 0 Å². The second-order valence-corrected chi connectivity index (χ2v) is 7.51. The van der Waals surface area contributed by atoms with Crippen LogP contribution >= 0.6 is 13.5 Å². The van der Waals surface area contributed by atoms with E-state index in [9.17, 15) is 0 Å². The van der Waals surface area contributed by atoms with E-state index in [1.807, 2.05) is 0 Å². The summed E-state index contributed by atoms with van der Waals surface area (Å²) in [6.07, 6.45) is 22.3. The Hall–Kier alpha value is -0.430. The standard InChI is InChI=1S/C24H42.H2S/c1-3-5-7-9-11-13-15-19-23-21-17-18-22-24(23)20-16-14-12-10-8-6-4-2;/h17-18,21-22H,3-16,19-20H2,1-2H3;1H2. The van der Waals surface area contributed by atoms with Gasteiger partial charge in [0.05, 0.1) is 0 Å². The van der Waals surface area contributed by atoms with Gasteiger partial charge in [-0.15, -0.1) is 0 Å². The fourth-order valence-corrected chi connectivity index (χ4v) is 3.59. The summed E-state index contributed by atoms with van der Waals surface area (Å²) in [5.74, 6) is 0. The molecule has 25 heavy (non-hydrogen) atoms. The lowest BCUT2D eigenvalue weighted by Gasteiger charge is -2.10. The van der Waals surface area contributed by atoms with Gasteiger partial charge in [0, 0.05) is 0 Å². The van der Waals surface area contributed by atoms with Crippen molar-refractivity contribution in [1.82, 2.24) is 0 Å². The van der Waals surface area contributed by atoms with Gasteiger partial charge in [0.2, 0.25) is 0 Å². The number of rotatable bonds is 16. The summed E-state index contributed by atoms with van der Waals surface area (Å²) < 4.78 is 0. The molecule has 0 atom stereocenters. The zero-order valence-electron chi connectivity index (χ0n) is 17.1. The van der Waals surface area contributed by atoms with Crippen LogP contribution in [0.3, 0.4) is 0 Å². The molecule has 0 heterocycles. The van der Waals surface area contributed by atoms with Crippen molar-refractivity contribution in [2.24, 2.45) is 0 Å². The lowest BCUT2D eigenvalue weighted by atomic mass is 9.96. The Morgan fingerprint density at radius 1 is 0.480 bits per heavy atom. The van der Waals surface area contributed by atoms with Crippen molar-refractivity contribution in [2.75, 3.05) is 0 Å². The molecule has 0 bridgehead atoms. The maximum absolute atomic E-state index is 2.37. The summed E-state index contributed by atoms with van der Waals surface area (Å²) in [4.78, 5) is 0. The third kappa shape index (κ3) is 13.4. The summed E-state index contributed by atoms with van der Waals surface area (Å²) in [6, 6.07) is 9.19. The Labute approximate surface area is 165 Å². The van der Waals surface area contributed by atoms with Gasteiger partial charge in [-0.05, 0) is 36.8 Å². The molecule has 0 nitrogen and oxygen atoms in total. The lowest BCUT2D eigenvalue weighted by molar-refractivity contribution is 0.583. The average molecular weight is 365 g/mol. The minimum absolute atomic E-state index is 0. The highest BCUT2D eigenvalue weighted by atomic mass is 32.1. The first-order valence-corrected chi connectivity index (χ1v) is 10.9. The SMILES string of the molecule is CCCCCCCCCc1ccccc1CCCCCCCCC.S. The lowest BCUT2D eigenvalue weighted by Crippen LogP contribution is -1.95. The molecule has 1 aromatic rings. The highest BCUT2D eigenvalue weighted by Crippen LogP contribution is 2.17. The predicted molar refractivity (Wildman–Crippen MR) is 120 cm³/mol. The van der Waals surface area contributed by atoms with Crippen LogP contribution in [0.1, 0.15) is 115 Å². The molecule has 0 aliphatic rings. The zero-order valence-corrected chi connectivity index (χ0v) is 18.1. The number of benzene rings is 1. The largest absolute Gasteiger partial charge is 0.197 e. The molecule has 1 rings (SSSR count). The van der Waals surface area contributed by atoms with Crippen LogP contribution in [-0.2, 0) is 12.8 Å². The maximum Gasteiger partial charge on any atom is -0.0276 e. The summed E-state index contributed by atoms with van der Waals surface area (Å²) in [7, 11) is 0. The Bertz CT molecular complexity index is 348. The molecule has 1 aromatic carbocycles. The Morgan fingerprint density at radius 3 is 1.16 bits per heavy atom. The molecule has 0 aliphatic carbocycles. The molecule has 0 aliphatic heterocycles. The van der Waals surface area contributed by atoms with E-state index in [0.29, 0.717) is 0 Å². The minimum Gasteiger partial charge on any atom is -0.197 e. The van der Waals surface area contributed by atoms with Gasteiger partial charge in [0.25, 0.3) is 0 Å². The summed E-state index contributed by atoms with van der Waals surface area (Å²) in [5.41, 5.74) is 3.24. The van der Waals surface area contributed by atoms with E-state index in [0.717, 1.165) is 0 Å². The van der Waals surface area contributed by atoms with E-state index >= 15 is 0 Å². The van der Waals surface area contributed by atoms with Crippen molar-refractivity contribution in [1.29, 1.82) is 0 Å². The van der Waals surface area contributed by atoms with E-state index in [1.54, 1.807) is 11.1 Å². The van der Waals surface area contributed by atoms with E-state index in [1.165, 1.54) is 103 Å². The normalized spacial score (nSPS) is 10.6. The molecule has 0 fully saturated rings. The first kappa shape index (κ1) is 24.6. The number of hydrogen-bond donors (Lipinski definition) is 0. The van der Waals surface area contributed by atoms with Gasteiger partial charge in [-0.1, -0.05) is 115 Å². The Morgan fingerprint density at radius 2 is 0.800 bits per heavy atom. The molecule has 0 aromatic heterocycles. The average Bonchev–Trinajstić information content (AvgIpc) is 2.61. The minimum atomic E-state index is 0. The third-order valence-electron chi connectivity index (χ3n) is 5.22. The summed E-state index contributed by atoms with van der Waals surface area (Å²) >= 11 is 0. The molecule has 0 amide bonds. The molecule has 1 heteroatoms. The van der Waals surface area contributed by atoms with Crippen molar-refractivity contribution in [3.8, 4) is 0 Å². The maximum atomic E-state index is 2.37. The van der Waals surface area contributed by atoms with E-state index in [2.05, 4.69) is 38.1 Å². The van der Waals surface area contributed by atoms with Crippen molar-refractivity contribution in [3.63, 3.8) is 0 Å². The predicted octanol–water partition coefficient (Wildman–Crippen LogP) is 8.39. The van der Waals surface area contributed by atoms with Crippen LogP contribution in [-0.4, -0.2) is 0 Å². The molecular weight excluding hydrogens is 320 g/mol. The van der Waals surface area contributed by atoms with Gasteiger partial charge in [0.15, 0.2) is 0 Å². The molecule has 0 spiro atoms. The van der Waals surface area contributed by atoms with Crippen LogP contribution in [0, 0.1) is 0 Å². The highest BCUT2D eigenvalue weighted by molar-refractivity contribution is 7.59. The van der Waals surface area contributed by atoms with Crippen molar-refractivity contribution in [3.05, 3.63) is 35.4 Å². The van der Waals surface area contributed by atoms with Crippen LogP contribution in [0.25, 0.3) is 0 Å². The number of hydrogen-bond acceptors (Lipinski definition) is 0. The van der Waals surface area contributed by atoms with Gasteiger partial charge in [0.1, 0.15) is 0 Å². The zero-order chi connectivity index (χ0) is 17.3. The molecule has 0 saturated heterocycles. The third-order valence-corrected chi connectivity index (χ3v) is 5.22. The second-order valence-electron chi connectivity index (χ2n) is 7.51. The topological polar surface area (TPSA) is 0 Å². The van der Waals surface area contributed by atoms with Gasteiger partial charge in [-0.25, -0.2) is 0 Å². The van der Waals surface area contributed by atoms with Gasteiger partial charge < -0.3 is 0 Å². The van der Waals surface area contributed by atoms with Crippen LogP contribution in [0.15, 0.2) is 24.3 Å². The summed E-state index contributed by atoms with van der Waals surface area (Å²) in [6.45, 7) is 4.59.